The van der Waals surface area contributed by atoms with E-state index in [2.05, 4.69) is 42.0 Å². The molecule has 0 atom stereocenters. The molecular weight excluding hydrogens is 510 g/mol. The number of hydrazone groups is 1. The zero-order valence-corrected chi connectivity index (χ0v) is 20.2. The maximum Gasteiger partial charge on any atom is 0.257 e. The van der Waals surface area contributed by atoms with E-state index in [1.165, 1.54) is 6.21 Å². The van der Waals surface area contributed by atoms with Gasteiger partial charge in [0, 0.05) is 10.9 Å². The molecule has 0 aliphatic rings. The van der Waals surface area contributed by atoms with Gasteiger partial charge in [-0.2, -0.15) is 5.10 Å². The highest BCUT2D eigenvalue weighted by Crippen LogP contribution is 2.28. The third kappa shape index (κ3) is 7.65. The summed E-state index contributed by atoms with van der Waals surface area (Å²) in [5.74, 6) is 0.601. The highest BCUT2D eigenvalue weighted by atomic mass is 79.9. The summed E-state index contributed by atoms with van der Waals surface area (Å²) in [5, 5.41) is 16.0. The smallest absolute Gasteiger partial charge is 0.257 e. The van der Waals surface area contributed by atoms with Gasteiger partial charge >= 0.3 is 0 Å². The second-order valence-electron chi connectivity index (χ2n) is 6.47. The molecule has 33 heavy (non-hydrogen) atoms. The molecule has 0 radical (unpaired) electrons. The largest absolute Gasteiger partial charge is 0.490 e. The first-order chi connectivity index (χ1) is 16.1. The van der Waals surface area contributed by atoms with Crippen molar-refractivity contribution in [3.8, 4) is 11.5 Å². The van der Waals surface area contributed by atoms with Gasteiger partial charge in [0.15, 0.2) is 11.5 Å². The molecule has 0 spiro atoms. The summed E-state index contributed by atoms with van der Waals surface area (Å²) in [4.78, 5) is 24.3. The van der Waals surface area contributed by atoms with E-state index in [0.29, 0.717) is 45.7 Å². The summed E-state index contributed by atoms with van der Waals surface area (Å²) in [6, 6.07) is 14.2. The number of aromatic nitrogens is 2. The number of amides is 2. The second kappa shape index (κ2) is 12.7. The molecular formula is C22H22BrN5O4S. The fourth-order valence-electron chi connectivity index (χ4n) is 2.63. The average Bonchev–Trinajstić information content (AvgIpc) is 3.25. The number of carbonyl (C=O) groups is 2. The highest BCUT2D eigenvalue weighted by molar-refractivity contribution is 9.09. The number of rotatable bonds is 11. The predicted octanol–water partition coefficient (Wildman–Crippen LogP) is 3.66. The van der Waals surface area contributed by atoms with Crippen LogP contribution < -0.4 is 20.2 Å². The number of nitrogens with zero attached hydrogens (tertiary/aromatic N) is 3. The third-order valence-corrected chi connectivity index (χ3v) is 5.20. The second-order valence-corrected chi connectivity index (χ2v) is 8.32. The van der Waals surface area contributed by atoms with Crippen molar-refractivity contribution in [1.29, 1.82) is 0 Å². The van der Waals surface area contributed by atoms with Crippen LogP contribution in [0, 0.1) is 0 Å². The van der Waals surface area contributed by atoms with Gasteiger partial charge in [-0.3, -0.25) is 14.9 Å². The van der Waals surface area contributed by atoms with Crippen molar-refractivity contribution in [2.45, 2.75) is 13.3 Å². The van der Waals surface area contributed by atoms with Gasteiger partial charge in [0.2, 0.25) is 11.0 Å². The molecule has 0 unspecified atom stereocenters. The first-order valence-corrected chi connectivity index (χ1v) is 12.0. The molecule has 2 N–H and O–H groups in total. The minimum Gasteiger partial charge on any atom is -0.490 e. The van der Waals surface area contributed by atoms with Crippen LogP contribution in [-0.2, 0) is 11.2 Å². The molecule has 1 heterocycles. The van der Waals surface area contributed by atoms with Gasteiger partial charge in [-0.15, -0.1) is 10.2 Å². The molecule has 0 aliphatic carbocycles. The molecule has 2 amide bonds. The molecule has 2 aromatic carbocycles. The summed E-state index contributed by atoms with van der Waals surface area (Å²) in [7, 11) is 0. The molecule has 9 nitrogen and oxygen atoms in total. The van der Waals surface area contributed by atoms with Gasteiger partial charge in [0.1, 0.15) is 5.01 Å². The Kier molecular flexibility index (Phi) is 9.33. The SMILES string of the molecule is CCOc1cc(/C=N\NC(=O)Cc2nnc(NC(=O)c3ccccc3)s2)ccc1OCCBr. The molecule has 0 bridgehead atoms. The van der Waals surface area contributed by atoms with E-state index in [9.17, 15) is 9.59 Å². The number of nitrogens with one attached hydrogen (secondary N) is 2. The van der Waals surface area contributed by atoms with Crippen molar-refractivity contribution >= 4 is 50.4 Å². The van der Waals surface area contributed by atoms with E-state index in [4.69, 9.17) is 9.47 Å². The van der Waals surface area contributed by atoms with E-state index < -0.39 is 0 Å². The van der Waals surface area contributed by atoms with E-state index in [0.717, 1.165) is 16.9 Å². The lowest BCUT2D eigenvalue weighted by Gasteiger charge is -2.11. The number of hydrogen-bond acceptors (Lipinski definition) is 8. The van der Waals surface area contributed by atoms with Crippen molar-refractivity contribution < 1.29 is 19.1 Å². The van der Waals surface area contributed by atoms with Crippen LogP contribution in [-0.4, -0.2) is 46.8 Å². The van der Waals surface area contributed by atoms with Crippen LogP contribution in [0.25, 0.3) is 0 Å². The molecule has 1 aromatic heterocycles. The monoisotopic (exact) mass is 531 g/mol. The summed E-state index contributed by atoms with van der Waals surface area (Å²) in [6.45, 7) is 2.91. The Bertz CT molecular complexity index is 1110. The Morgan fingerprint density at radius 2 is 1.94 bits per heavy atom. The van der Waals surface area contributed by atoms with Crippen molar-refractivity contribution in [1.82, 2.24) is 15.6 Å². The van der Waals surface area contributed by atoms with Gasteiger partial charge in [-0.05, 0) is 42.8 Å². The highest BCUT2D eigenvalue weighted by Gasteiger charge is 2.12. The van der Waals surface area contributed by atoms with Crippen molar-refractivity contribution in [2.24, 2.45) is 5.10 Å². The lowest BCUT2D eigenvalue weighted by molar-refractivity contribution is -0.120. The van der Waals surface area contributed by atoms with E-state index >= 15 is 0 Å². The van der Waals surface area contributed by atoms with Crippen LogP contribution in [0.1, 0.15) is 27.9 Å². The summed E-state index contributed by atoms with van der Waals surface area (Å²) < 4.78 is 11.2. The fraction of sp³-hybridized carbons (Fsp3) is 0.227. The van der Waals surface area contributed by atoms with Gasteiger partial charge in [0.25, 0.3) is 5.91 Å². The zero-order chi connectivity index (χ0) is 23.5. The van der Waals surface area contributed by atoms with Crippen molar-refractivity contribution in [3.05, 3.63) is 64.7 Å². The molecule has 3 rings (SSSR count). The minimum atomic E-state index is -0.356. The number of ether oxygens (including phenoxy) is 2. The first-order valence-electron chi connectivity index (χ1n) is 10.0. The molecule has 11 heteroatoms. The number of benzene rings is 2. The Morgan fingerprint density at radius 3 is 2.70 bits per heavy atom. The normalized spacial score (nSPS) is 10.7. The number of hydrogen-bond donors (Lipinski definition) is 2. The molecule has 3 aromatic rings. The van der Waals surface area contributed by atoms with Crippen LogP contribution in [0.4, 0.5) is 5.13 Å². The third-order valence-electron chi connectivity index (χ3n) is 4.04. The van der Waals surface area contributed by atoms with E-state index in [1.807, 2.05) is 19.1 Å². The van der Waals surface area contributed by atoms with E-state index in [-0.39, 0.29) is 18.2 Å². The van der Waals surface area contributed by atoms with Crippen LogP contribution in [0.15, 0.2) is 53.6 Å². The summed E-state index contributed by atoms with van der Waals surface area (Å²) >= 11 is 4.45. The lowest BCUT2D eigenvalue weighted by atomic mass is 10.2. The fourth-order valence-corrected chi connectivity index (χ4v) is 3.53. The standard InChI is InChI=1S/C22H22BrN5O4S/c1-2-31-18-12-15(8-9-17(18)32-11-10-23)14-24-26-19(29)13-20-27-28-22(33-20)25-21(30)16-6-4-3-5-7-16/h3-9,12,14H,2,10-11,13H2,1H3,(H,26,29)(H,25,28,30)/b24-14-. The van der Waals surface area contributed by atoms with Crippen LogP contribution in [0.3, 0.4) is 0 Å². The predicted molar refractivity (Wildman–Crippen MR) is 131 cm³/mol. The Balaban J connectivity index is 1.52. The number of halogens is 1. The van der Waals surface area contributed by atoms with Gasteiger partial charge < -0.3 is 9.47 Å². The van der Waals surface area contributed by atoms with Crippen molar-refractivity contribution in [2.75, 3.05) is 23.9 Å². The first kappa shape index (κ1) is 24.3. The molecule has 0 saturated carbocycles. The molecule has 0 aliphatic heterocycles. The van der Waals surface area contributed by atoms with Crippen LogP contribution in [0.5, 0.6) is 11.5 Å². The molecule has 0 fully saturated rings. The van der Waals surface area contributed by atoms with Crippen LogP contribution in [0.2, 0.25) is 0 Å². The number of carbonyl (C=O) groups excluding carboxylic acids is 2. The van der Waals surface area contributed by atoms with Gasteiger partial charge in [-0.25, -0.2) is 5.43 Å². The number of alkyl halides is 1. The Labute approximate surface area is 203 Å². The van der Waals surface area contributed by atoms with Crippen LogP contribution >= 0.6 is 27.3 Å². The zero-order valence-electron chi connectivity index (χ0n) is 17.8. The van der Waals surface area contributed by atoms with Crippen molar-refractivity contribution in [3.63, 3.8) is 0 Å². The number of anilines is 1. The quantitative estimate of drug-likeness (QED) is 0.221. The minimum absolute atomic E-state index is 0.0142. The Morgan fingerprint density at radius 1 is 1.12 bits per heavy atom. The van der Waals surface area contributed by atoms with Gasteiger partial charge in [-0.1, -0.05) is 45.5 Å². The maximum absolute atomic E-state index is 12.2. The molecule has 172 valence electrons. The topological polar surface area (TPSA) is 115 Å². The summed E-state index contributed by atoms with van der Waals surface area (Å²) in [5.41, 5.74) is 3.71. The maximum atomic E-state index is 12.2. The van der Waals surface area contributed by atoms with Gasteiger partial charge in [0.05, 0.1) is 25.8 Å². The van der Waals surface area contributed by atoms with E-state index in [1.54, 1.807) is 36.4 Å². The average molecular weight is 532 g/mol. The molecule has 0 saturated heterocycles. The summed E-state index contributed by atoms with van der Waals surface area (Å²) in [6.07, 6.45) is 1.50. The Hall–Kier alpha value is -3.31. The lowest BCUT2D eigenvalue weighted by Crippen LogP contribution is -2.19.